The van der Waals surface area contributed by atoms with Crippen molar-refractivity contribution in [2.24, 2.45) is 0 Å². The van der Waals surface area contributed by atoms with Gasteiger partial charge in [-0.3, -0.25) is 5.10 Å². The van der Waals surface area contributed by atoms with Gasteiger partial charge in [-0.05, 0) is 30.7 Å². The second kappa shape index (κ2) is 5.58. The van der Waals surface area contributed by atoms with Gasteiger partial charge in [0.25, 0.3) is 0 Å². The van der Waals surface area contributed by atoms with Crippen molar-refractivity contribution in [3.63, 3.8) is 0 Å². The quantitative estimate of drug-likeness (QED) is 0.792. The smallest absolute Gasteiger partial charge is 0.213 e. The van der Waals surface area contributed by atoms with Gasteiger partial charge < -0.3 is 4.74 Å². The van der Waals surface area contributed by atoms with Gasteiger partial charge in [-0.15, -0.1) is 0 Å². The lowest BCUT2D eigenvalue weighted by Gasteiger charge is -2.07. The van der Waals surface area contributed by atoms with Crippen LogP contribution in [0.3, 0.4) is 0 Å². The van der Waals surface area contributed by atoms with Crippen molar-refractivity contribution < 1.29 is 4.74 Å². The monoisotopic (exact) mass is 299 g/mol. The summed E-state index contributed by atoms with van der Waals surface area (Å²) in [5.74, 6) is 0.574. The topological polar surface area (TPSA) is 50.8 Å². The van der Waals surface area contributed by atoms with E-state index in [1.807, 2.05) is 43.3 Å². The molecule has 0 aliphatic carbocycles. The Kier molecular flexibility index (Phi) is 3.62. The van der Waals surface area contributed by atoms with Gasteiger partial charge in [0, 0.05) is 28.4 Å². The van der Waals surface area contributed by atoms with E-state index in [2.05, 4.69) is 15.2 Å². The Morgan fingerprint density at radius 2 is 2.00 bits per heavy atom. The molecule has 0 amide bonds. The van der Waals surface area contributed by atoms with Crippen molar-refractivity contribution in [2.45, 2.75) is 6.92 Å². The van der Waals surface area contributed by atoms with E-state index >= 15 is 0 Å². The number of H-pyrrole nitrogens is 1. The number of aromatic nitrogens is 3. The van der Waals surface area contributed by atoms with Gasteiger partial charge in [0.05, 0.1) is 18.5 Å². The van der Waals surface area contributed by atoms with Crippen molar-refractivity contribution in [3.8, 4) is 28.3 Å². The van der Waals surface area contributed by atoms with Crippen molar-refractivity contribution in [2.75, 3.05) is 7.11 Å². The van der Waals surface area contributed by atoms with Crippen LogP contribution in [0.5, 0.6) is 5.88 Å². The first-order chi connectivity index (χ1) is 10.2. The first kappa shape index (κ1) is 13.6. The molecule has 106 valence electrons. The maximum absolute atomic E-state index is 6.08. The van der Waals surface area contributed by atoms with E-state index < -0.39 is 0 Å². The maximum atomic E-state index is 6.08. The van der Waals surface area contributed by atoms with Crippen LogP contribution in [-0.4, -0.2) is 22.3 Å². The lowest BCUT2D eigenvalue weighted by molar-refractivity contribution is 0.398. The first-order valence-electron chi connectivity index (χ1n) is 6.50. The Hall–Kier alpha value is -2.33. The summed E-state index contributed by atoms with van der Waals surface area (Å²) in [6, 6.07) is 11.5. The van der Waals surface area contributed by atoms with Crippen LogP contribution in [-0.2, 0) is 0 Å². The van der Waals surface area contributed by atoms with Gasteiger partial charge >= 0.3 is 0 Å². The second-order valence-corrected chi connectivity index (χ2v) is 5.09. The van der Waals surface area contributed by atoms with E-state index in [4.69, 9.17) is 16.3 Å². The Morgan fingerprint density at radius 3 is 2.76 bits per heavy atom. The molecule has 0 unspecified atom stereocenters. The SMILES string of the molecule is COc1cc(-c2c(C)n[nH]c2-c2cccc(Cl)c2)ccn1. The van der Waals surface area contributed by atoms with E-state index in [0.717, 1.165) is 28.1 Å². The normalized spacial score (nSPS) is 10.6. The molecule has 21 heavy (non-hydrogen) atoms. The number of nitrogens with one attached hydrogen (secondary N) is 1. The summed E-state index contributed by atoms with van der Waals surface area (Å²) in [7, 11) is 1.60. The summed E-state index contributed by atoms with van der Waals surface area (Å²) >= 11 is 6.08. The average Bonchev–Trinajstić information content (AvgIpc) is 2.89. The summed E-state index contributed by atoms with van der Waals surface area (Å²) in [6.45, 7) is 1.97. The number of nitrogens with zero attached hydrogens (tertiary/aromatic N) is 2. The van der Waals surface area contributed by atoms with Crippen LogP contribution in [0.1, 0.15) is 5.69 Å². The fourth-order valence-corrected chi connectivity index (χ4v) is 2.51. The number of benzene rings is 1. The number of aromatic amines is 1. The highest BCUT2D eigenvalue weighted by molar-refractivity contribution is 6.30. The van der Waals surface area contributed by atoms with Gasteiger partial charge in [-0.2, -0.15) is 5.10 Å². The molecule has 0 radical (unpaired) electrons. The predicted molar refractivity (Wildman–Crippen MR) is 83.6 cm³/mol. The Bertz CT molecular complexity index is 783. The van der Waals surface area contributed by atoms with Gasteiger partial charge in [0.1, 0.15) is 0 Å². The van der Waals surface area contributed by atoms with Crippen LogP contribution in [0.2, 0.25) is 5.02 Å². The molecule has 2 aromatic heterocycles. The minimum absolute atomic E-state index is 0.574. The lowest BCUT2D eigenvalue weighted by atomic mass is 10.0. The fourth-order valence-electron chi connectivity index (χ4n) is 2.32. The van der Waals surface area contributed by atoms with Gasteiger partial charge in [-0.1, -0.05) is 23.7 Å². The van der Waals surface area contributed by atoms with Gasteiger partial charge in [0.2, 0.25) is 5.88 Å². The molecule has 0 saturated carbocycles. The van der Waals surface area contributed by atoms with Crippen molar-refractivity contribution in [3.05, 3.63) is 53.3 Å². The minimum atomic E-state index is 0.574. The fraction of sp³-hybridized carbons (Fsp3) is 0.125. The third-order valence-electron chi connectivity index (χ3n) is 3.29. The van der Waals surface area contributed by atoms with E-state index in [0.29, 0.717) is 10.9 Å². The molecule has 1 aromatic carbocycles. The predicted octanol–water partition coefficient (Wildman–Crippen LogP) is 4.11. The number of halogens is 1. The summed E-state index contributed by atoms with van der Waals surface area (Å²) < 4.78 is 5.19. The molecular formula is C16H14ClN3O. The number of methoxy groups -OCH3 is 1. The number of hydrogen-bond acceptors (Lipinski definition) is 3. The summed E-state index contributed by atoms with van der Waals surface area (Å²) in [5.41, 5.74) is 4.87. The van der Waals surface area contributed by atoms with Crippen molar-refractivity contribution >= 4 is 11.6 Å². The zero-order chi connectivity index (χ0) is 14.8. The molecule has 0 bridgehead atoms. The summed E-state index contributed by atoms with van der Waals surface area (Å²) in [6.07, 6.45) is 1.72. The van der Waals surface area contributed by atoms with Crippen LogP contribution in [0.25, 0.3) is 22.4 Å². The van der Waals surface area contributed by atoms with Crippen molar-refractivity contribution in [1.82, 2.24) is 15.2 Å². The molecule has 3 rings (SSSR count). The molecule has 0 aliphatic rings. The van der Waals surface area contributed by atoms with Gasteiger partial charge in [-0.25, -0.2) is 4.98 Å². The number of pyridine rings is 1. The highest BCUT2D eigenvalue weighted by atomic mass is 35.5. The van der Waals surface area contributed by atoms with Crippen LogP contribution in [0.4, 0.5) is 0 Å². The number of ether oxygens (including phenoxy) is 1. The Balaban J connectivity index is 2.17. The molecular weight excluding hydrogens is 286 g/mol. The van der Waals surface area contributed by atoms with E-state index in [1.165, 1.54) is 0 Å². The largest absolute Gasteiger partial charge is 0.481 e. The van der Waals surface area contributed by atoms with E-state index in [9.17, 15) is 0 Å². The first-order valence-corrected chi connectivity index (χ1v) is 6.88. The standard InChI is InChI=1S/C16H14ClN3O/c1-10-15(11-6-7-18-14(9-11)21-2)16(20-19-10)12-4-3-5-13(17)8-12/h3-9H,1-2H3,(H,19,20). The molecule has 5 heteroatoms. The molecule has 0 saturated heterocycles. The van der Waals surface area contributed by atoms with Crippen LogP contribution in [0, 0.1) is 6.92 Å². The molecule has 0 fully saturated rings. The third-order valence-corrected chi connectivity index (χ3v) is 3.53. The number of rotatable bonds is 3. The molecule has 4 nitrogen and oxygen atoms in total. The summed E-state index contributed by atoms with van der Waals surface area (Å²) in [5, 5.41) is 8.10. The number of hydrogen-bond donors (Lipinski definition) is 1. The lowest BCUT2D eigenvalue weighted by Crippen LogP contribution is -1.89. The van der Waals surface area contributed by atoms with Crippen molar-refractivity contribution in [1.29, 1.82) is 0 Å². The highest BCUT2D eigenvalue weighted by Gasteiger charge is 2.15. The minimum Gasteiger partial charge on any atom is -0.481 e. The molecule has 0 aliphatic heterocycles. The molecule has 0 atom stereocenters. The highest BCUT2D eigenvalue weighted by Crippen LogP contribution is 2.34. The number of aryl methyl sites for hydroxylation is 1. The molecule has 0 spiro atoms. The van der Waals surface area contributed by atoms with Gasteiger partial charge in [0.15, 0.2) is 0 Å². The third kappa shape index (κ3) is 2.62. The zero-order valence-electron chi connectivity index (χ0n) is 11.7. The van der Waals surface area contributed by atoms with Crippen LogP contribution in [0.15, 0.2) is 42.6 Å². The Labute approximate surface area is 127 Å². The van der Waals surface area contributed by atoms with Crippen LogP contribution >= 0.6 is 11.6 Å². The zero-order valence-corrected chi connectivity index (χ0v) is 12.5. The molecule has 2 heterocycles. The second-order valence-electron chi connectivity index (χ2n) is 4.66. The molecule has 3 aromatic rings. The summed E-state index contributed by atoms with van der Waals surface area (Å²) in [4.78, 5) is 4.14. The van der Waals surface area contributed by atoms with E-state index in [1.54, 1.807) is 13.3 Å². The maximum Gasteiger partial charge on any atom is 0.213 e. The average molecular weight is 300 g/mol. The molecule has 1 N–H and O–H groups in total. The van der Waals surface area contributed by atoms with E-state index in [-0.39, 0.29) is 0 Å². The Morgan fingerprint density at radius 1 is 1.14 bits per heavy atom. The van der Waals surface area contributed by atoms with Crippen LogP contribution < -0.4 is 4.74 Å².